The molecule has 2 rings (SSSR count). The SMILES string of the molecule is C[C@@H](Nc1nc(C(=O)C(=O)c2ccc(F)cc2)ccc1[N+](=O)[O-])C(C)(C)C. The zero-order chi connectivity index (χ0) is 20.4. The van der Waals surface area contributed by atoms with Gasteiger partial charge >= 0.3 is 5.69 Å². The third-order valence-corrected chi connectivity index (χ3v) is 4.27. The average molecular weight is 373 g/mol. The summed E-state index contributed by atoms with van der Waals surface area (Å²) in [5.41, 5.74) is -0.728. The van der Waals surface area contributed by atoms with Crippen molar-refractivity contribution in [1.82, 2.24) is 4.98 Å². The second kappa shape index (κ2) is 7.61. The van der Waals surface area contributed by atoms with Gasteiger partial charge in [0.25, 0.3) is 5.78 Å². The summed E-state index contributed by atoms with van der Waals surface area (Å²) in [6, 6.07) is 6.61. The van der Waals surface area contributed by atoms with Gasteiger partial charge in [-0.05, 0) is 42.7 Å². The van der Waals surface area contributed by atoms with Gasteiger partial charge in [-0.25, -0.2) is 9.37 Å². The monoisotopic (exact) mass is 373 g/mol. The van der Waals surface area contributed by atoms with Crippen LogP contribution in [0.5, 0.6) is 0 Å². The fourth-order valence-corrected chi connectivity index (χ4v) is 2.10. The molecule has 1 atom stereocenters. The molecule has 1 aromatic carbocycles. The minimum atomic E-state index is -0.928. The zero-order valence-electron chi connectivity index (χ0n) is 15.4. The van der Waals surface area contributed by atoms with Crippen molar-refractivity contribution in [3.05, 3.63) is 63.6 Å². The molecule has 0 aliphatic heterocycles. The summed E-state index contributed by atoms with van der Waals surface area (Å²) in [6.45, 7) is 7.68. The molecule has 0 aliphatic carbocycles. The molecule has 0 saturated heterocycles. The van der Waals surface area contributed by atoms with Gasteiger partial charge in [0.1, 0.15) is 11.5 Å². The number of Topliss-reactive ketones (excluding diaryl/α,β-unsaturated/α-hetero) is 2. The molecule has 8 heteroatoms. The quantitative estimate of drug-likeness (QED) is 0.355. The zero-order valence-corrected chi connectivity index (χ0v) is 15.4. The van der Waals surface area contributed by atoms with E-state index in [0.717, 1.165) is 24.3 Å². The molecule has 0 saturated carbocycles. The van der Waals surface area contributed by atoms with E-state index >= 15 is 0 Å². The maximum Gasteiger partial charge on any atom is 0.311 e. The van der Waals surface area contributed by atoms with Crippen molar-refractivity contribution in [1.29, 1.82) is 0 Å². The van der Waals surface area contributed by atoms with Crippen LogP contribution in [0.15, 0.2) is 36.4 Å². The van der Waals surface area contributed by atoms with Crippen LogP contribution >= 0.6 is 0 Å². The Hall–Kier alpha value is -3.16. The fourth-order valence-electron chi connectivity index (χ4n) is 2.10. The predicted molar refractivity (Wildman–Crippen MR) is 98.5 cm³/mol. The molecule has 0 aliphatic rings. The third-order valence-electron chi connectivity index (χ3n) is 4.27. The minimum absolute atomic E-state index is 0.0131. The van der Waals surface area contributed by atoms with E-state index < -0.39 is 22.3 Å². The predicted octanol–water partition coefficient (Wildman–Crippen LogP) is 4.04. The first-order valence-corrected chi connectivity index (χ1v) is 8.27. The van der Waals surface area contributed by atoms with Crippen molar-refractivity contribution in [3.8, 4) is 0 Å². The smallest absolute Gasteiger partial charge is 0.311 e. The molecular weight excluding hydrogens is 353 g/mol. The molecule has 0 unspecified atom stereocenters. The number of nitro groups is 1. The number of carbonyl (C=O) groups excluding carboxylic acids is 2. The summed E-state index contributed by atoms with van der Waals surface area (Å²) in [5, 5.41) is 14.2. The van der Waals surface area contributed by atoms with Gasteiger partial charge in [-0.2, -0.15) is 0 Å². The van der Waals surface area contributed by atoms with E-state index in [9.17, 15) is 24.1 Å². The Bertz CT molecular complexity index is 889. The summed E-state index contributed by atoms with van der Waals surface area (Å²) in [4.78, 5) is 39.4. The van der Waals surface area contributed by atoms with Gasteiger partial charge in [-0.3, -0.25) is 19.7 Å². The second-order valence-corrected chi connectivity index (χ2v) is 7.22. The Morgan fingerprint density at radius 3 is 2.22 bits per heavy atom. The molecule has 2 aromatic rings. The first-order valence-electron chi connectivity index (χ1n) is 8.27. The highest BCUT2D eigenvalue weighted by Gasteiger charge is 2.27. The molecule has 7 nitrogen and oxygen atoms in total. The maximum atomic E-state index is 13.0. The molecular formula is C19H20FN3O4. The summed E-state index contributed by atoms with van der Waals surface area (Å²) in [7, 11) is 0. The molecule has 0 bridgehead atoms. The van der Waals surface area contributed by atoms with Crippen LogP contribution in [0.1, 0.15) is 48.5 Å². The van der Waals surface area contributed by atoms with Gasteiger partial charge in [0.05, 0.1) is 4.92 Å². The summed E-state index contributed by atoms with van der Waals surface area (Å²) in [5.74, 6) is -2.41. The Balaban J connectivity index is 2.38. The topological polar surface area (TPSA) is 102 Å². The number of pyridine rings is 1. The first-order chi connectivity index (χ1) is 12.5. The lowest BCUT2D eigenvalue weighted by atomic mass is 9.88. The van der Waals surface area contributed by atoms with E-state index in [1.165, 1.54) is 12.1 Å². The van der Waals surface area contributed by atoms with Crippen molar-refractivity contribution in [2.45, 2.75) is 33.7 Å². The van der Waals surface area contributed by atoms with Crippen LogP contribution in [0.2, 0.25) is 0 Å². The van der Waals surface area contributed by atoms with Crippen LogP contribution in [-0.4, -0.2) is 27.5 Å². The molecule has 27 heavy (non-hydrogen) atoms. The lowest BCUT2D eigenvalue weighted by molar-refractivity contribution is -0.384. The lowest BCUT2D eigenvalue weighted by Crippen LogP contribution is -2.31. The van der Waals surface area contributed by atoms with Crippen molar-refractivity contribution in [2.24, 2.45) is 5.41 Å². The van der Waals surface area contributed by atoms with E-state index in [0.29, 0.717) is 0 Å². The summed E-state index contributed by atoms with van der Waals surface area (Å²) >= 11 is 0. The Kier molecular flexibility index (Phi) is 5.68. The third kappa shape index (κ3) is 4.72. The van der Waals surface area contributed by atoms with Gasteiger partial charge in [0.15, 0.2) is 0 Å². The van der Waals surface area contributed by atoms with E-state index in [-0.39, 0.29) is 34.2 Å². The van der Waals surface area contributed by atoms with Crippen molar-refractivity contribution in [3.63, 3.8) is 0 Å². The van der Waals surface area contributed by atoms with Gasteiger partial charge in [0, 0.05) is 17.7 Å². The maximum absolute atomic E-state index is 13.0. The molecule has 0 spiro atoms. The highest BCUT2D eigenvalue weighted by atomic mass is 19.1. The number of aromatic nitrogens is 1. The van der Waals surface area contributed by atoms with Crippen LogP contribution in [0.3, 0.4) is 0 Å². The van der Waals surface area contributed by atoms with Gasteiger partial charge < -0.3 is 5.32 Å². The first kappa shape index (κ1) is 20.2. The van der Waals surface area contributed by atoms with Crippen LogP contribution in [0.25, 0.3) is 0 Å². The number of ketones is 2. The van der Waals surface area contributed by atoms with E-state index in [2.05, 4.69) is 10.3 Å². The van der Waals surface area contributed by atoms with Crippen LogP contribution < -0.4 is 5.32 Å². The number of hydrogen-bond donors (Lipinski definition) is 1. The normalized spacial score (nSPS) is 12.3. The Morgan fingerprint density at radius 1 is 1.11 bits per heavy atom. The number of rotatable bonds is 6. The average Bonchev–Trinajstić information content (AvgIpc) is 2.60. The number of benzene rings is 1. The number of carbonyl (C=O) groups is 2. The number of nitrogens with one attached hydrogen (secondary N) is 1. The molecule has 1 aromatic heterocycles. The van der Waals surface area contributed by atoms with E-state index in [1.54, 1.807) is 0 Å². The lowest BCUT2D eigenvalue weighted by Gasteiger charge is -2.28. The minimum Gasteiger partial charge on any atom is -0.361 e. The molecule has 142 valence electrons. The number of halogens is 1. The summed E-state index contributed by atoms with van der Waals surface area (Å²) < 4.78 is 13.0. The standard InChI is InChI=1S/C19H20FN3O4/c1-11(19(2,3)4)21-18-15(23(26)27)10-9-14(22-18)17(25)16(24)12-5-7-13(20)8-6-12/h5-11H,1-4H3,(H,21,22)/t11-/m1/s1. The van der Waals surface area contributed by atoms with E-state index in [1.807, 2.05) is 27.7 Å². The van der Waals surface area contributed by atoms with Crippen molar-refractivity contribution in [2.75, 3.05) is 5.32 Å². The van der Waals surface area contributed by atoms with Gasteiger partial charge in [-0.15, -0.1) is 0 Å². The van der Waals surface area contributed by atoms with E-state index in [4.69, 9.17) is 0 Å². The second-order valence-electron chi connectivity index (χ2n) is 7.22. The Labute approximate surface area is 155 Å². The molecule has 1 heterocycles. The number of nitrogens with zero attached hydrogens (tertiary/aromatic N) is 2. The highest BCUT2D eigenvalue weighted by Crippen LogP contribution is 2.28. The number of anilines is 1. The largest absolute Gasteiger partial charge is 0.361 e. The number of hydrogen-bond acceptors (Lipinski definition) is 6. The molecule has 0 radical (unpaired) electrons. The van der Waals surface area contributed by atoms with Crippen LogP contribution in [-0.2, 0) is 0 Å². The van der Waals surface area contributed by atoms with Crippen molar-refractivity contribution >= 4 is 23.1 Å². The van der Waals surface area contributed by atoms with Crippen LogP contribution in [0, 0.1) is 21.3 Å². The van der Waals surface area contributed by atoms with Crippen LogP contribution in [0.4, 0.5) is 15.9 Å². The van der Waals surface area contributed by atoms with Crippen molar-refractivity contribution < 1.29 is 18.9 Å². The fraction of sp³-hybridized carbons (Fsp3) is 0.316. The highest BCUT2D eigenvalue weighted by molar-refractivity contribution is 6.48. The molecule has 0 amide bonds. The molecule has 0 fully saturated rings. The molecule has 1 N–H and O–H groups in total. The Morgan fingerprint density at radius 2 is 1.70 bits per heavy atom. The summed E-state index contributed by atoms with van der Waals surface area (Å²) in [6.07, 6.45) is 0. The van der Waals surface area contributed by atoms with Gasteiger partial charge in [0.2, 0.25) is 11.6 Å². The van der Waals surface area contributed by atoms with Gasteiger partial charge in [-0.1, -0.05) is 20.8 Å².